The summed E-state index contributed by atoms with van der Waals surface area (Å²) < 4.78 is 37.5. The second-order valence-corrected chi connectivity index (χ2v) is 6.82. The van der Waals surface area contributed by atoms with Gasteiger partial charge in [0.2, 0.25) is 0 Å². The van der Waals surface area contributed by atoms with Crippen LogP contribution in [0.4, 0.5) is 4.39 Å². The largest absolute Gasteiger partial charge is 0.368 e. The summed E-state index contributed by atoms with van der Waals surface area (Å²) in [5, 5.41) is 0. The lowest BCUT2D eigenvalue weighted by atomic mass is 10.1. The number of rotatable bonds is 8. The number of ether oxygens (including phenoxy) is 4. The minimum atomic E-state index is -0.509. The van der Waals surface area contributed by atoms with Gasteiger partial charge in [-0.3, -0.25) is 0 Å². The smallest absolute Gasteiger partial charge is 0.186 e. The molecular formula is C22H27FO4. The molecule has 1 saturated heterocycles. The maximum atomic E-state index is 13.9. The van der Waals surface area contributed by atoms with Crippen LogP contribution in [0.2, 0.25) is 0 Å². The van der Waals surface area contributed by atoms with Gasteiger partial charge in [-0.25, -0.2) is 4.39 Å². The standard InChI is InChI=1S/C22H27FO4/c1-4-19-20(26-14-17-10-5-6-11-18(17)23)21(22(24-3)27-19)25-13-16-9-7-8-15(2)12-16/h5-12,19-22H,4,13-14H2,1-3H3/t19-,20+,21-,22+/m1/s1. The third-order valence-electron chi connectivity index (χ3n) is 4.82. The van der Waals surface area contributed by atoms with Gasteiger partial charge >= 0.3 is 0 Å². The predicted molar refractivity (Wildman–Crippen MR) is 101 cm³/mol. The molecule has 4 nitrogen and oxygen atoms in total. The second-order valence-electron chi connectivity index (χ2n) is 6.82. The Labute approximate surface area is 160 Å². The molecule has 2 aromatic rings. The fraction of sp³-hybridized carbons (Fsp3) is 0.455. The minimum absolute atomic E-state index is 0.163. The fourth-order valence-electron chi connectivity index (χ4n) is 3.38. The molecule has 5 heteroatoms. The van der Waals surface area contributed by atoms with Gasteiger partial charge in [-0.2, -0.15) is 0 Å². The van der Waals surface area contributed by atoms with Gasteiger partial charge in [0.05, 0.1) is 19.3 Å². The molecule has 1 fully saturated rings. The molecule has 1 aliphatic heterocycles. The molecule has 0 unspecified atom stereocenters. The van der Waals surface area contributed by atoms with Gasteiger partial charge in [-0.15, -0.1) is 0 Å². The summed E-state index contributed by atoms with van der Waals surface area (Å²) >= 11 is 0. The van der Waals surface area contributed by atoms with E-state index in [0.717, 1.165) is 12.0 Å². The SMILES string of the molecule is CC[C@H]1O[C@H](OC)[C@H](OCc2cccc(C)c2)[C@H]1OCc1ccccc1F. The van der Waals surface area contributed by atoms with Crippen LogP contribution in [0.25, 0.3) is 0 Å². The number of hydrogen-bond acceptors (Lipinski definition) is 4. The highest BCUT2D eigenvalue weighted by Crippen LogP contribution is 2.30. The molecule has 0 amide bonds. The van der Waals surface area contributed by atoms with Crippen molar-refractivity contribution < 1.29 is 23.3 Å². The third kappa shape index (κ3) is 4.93. The molecule has 1 heterocycles. The van der Waals surface area contributed by atoms with E-state index in [-0.39, 0.29) is 30.7 Å². The molecule has 0 spiro atoms. The molecule has 0 saturated carbocycles. The van der Waals surface area contributed by atoms with Gasteiger partial charge in [-0.1, -0.05) is 55.0 Å². The number of hydrogen-bond donors (Lipinski definition) is 0. The Kier molecular flexibility index (Phi) is 6.96. The Bertz CT molecular complexity index is 736. The summed E-state index contributed by atoms with van der Waals surface area (Å²) in [5.41, 5.74) is 2.78. The summed E-state index contributed by atoms with van der Waals surface area (Å²) in [6.45, 7) is 4.68. The first kappa shape index (κ1) is 20.0. The molecule has 0 N–H and O–H groups in total. The Morgan fingerprint density at radius 2 is 1.78 bits per heavy atom. The molecule has 4 atom stereocenters. The molecule has 0 radical (unpaired) electrons. The molecule has 3 rings (SSSR count). The van der Waals surface area contributed by atoms with Crippen molar-refractivity contribution in [2.24, 2.45) is 0 Å². The summed E-state index contributed by atoms with van der Waals surface area (Å²) in [5.74, 6) is -0.273. The molecule has 0 bridgehead atoms. The van der Waals surface area contributed by atoms with Gasteiger partial charge in [0.15, 0.2) is 6.29 Å². The van der Waals surface area contributed by atoms with Crippen LogP contribution in [0, 0.1) is 12.7 Å². The molecule has 146 valence electrons. The van der Waals surface area contributed by atoms with E-state index in [1.807, 2.05) is 32.0 Å². The van der Waals surface area contributed by atoms with Crippen LogP contribution >= 0.6 is 0 Å². The Morgan fingerprint density at radius 1 is 1.00 bits per heavy atom. The number of methoxy groups -OCH3 is 1. The van der Waals surface area contributed by atoms with Crippen molar-refractivity contribution >= 4 is 0 Å². The van der Waals surface area contributed by atoms with E-state index < -0.39 is 6.29 Å². The number of halogens is 1. The molecule has 27 heavy (non-hydrogen) atoms. The van der Waals surface area contributed by atoms with Crippen LogP contribution in [0.1, 0.15) is 30.0 Å². The van der Waals surface area contributed by atoms with Crippen molar-refractivity contribution in [1.29, 1.82) is 0 Å². The van der Waals surface area contributed by atoms with Crippen LogP contribution in [0.15, 0.2) is 48.5 Å². The zero-order valence-corrected chi connectivity index (χ0v) is 16.1. The van der Waals surface area contributed by atoms with E-state index in [0.29, 0.717) is 12.2 Å². The van der Waals surface area contributed by atoms with Crippen molar-refractivity contribution in [3.8, 4) is 0 Å². The van der Waals surface area contributed by atoms with E-state index in [4.69, 9.17) is 18.9 Å². The van der Waals surface area contributed by atoms with Crippen molar-refractivity contribution in [2.75, 3.05) is 7.11 Å². The highest BCUT2D eigenvalue weighted by Gasteiger charge is 2.45. The average Bonchev–Trinajstić information content (AvgIpc) is 3.02. The van der Waals surface area contributed by atoms with Gasteiger partial charge in [0.1, 0.15) is 18.0 Å². The van der Waals surface area contributed by atoms with Crippen molar-refractivity contribution in [2.45, 2.75) is 58.1 Å². The van der Waals surface area contributed by atoms with E-state index in [9.17, 15) is 4.39 Å². The van der Waals surface area contributed by atoms with Crippen LogP contribution in [0.5, 0.6) is 0 Å². The molecule has 1 aliphatic rings. The van der Waals surface area contributed by atoms with Crippen LogP contribution < -0.4 is 0 Å². The monoisotopic (exact) mass is 374 g/mol. The van der Waals surface area contributed by atoms with E-state index >= 15 is 0 Å². The van der Waals surface area contributed by atoms with Crippen LogP contribution in [-0.4, -0.2) is 31.7 Å². The maximum absolute atomic E-state index is 13.9. The second kappa shape index (κ2) is 9.42. The van der Waals surface area contributed by atoms with Gasteiger partial charge in [0.25, 0.3) is 0 Å². The summed E-state index contributed by atoms with van der Waals surface area (Å²) in [6.07, 6.45) is -0.627. The van der Waals surface area contributed by atoms with Crippen LogP contribution in [0.3, 0.4) is 0 Å². The highest BCUT2D eigenvalue weighted by molar-refractivity contribution is 5.21. The molecule has 0 aliphatic carbocycles. The normalized spacial score (nSPS) is 25.0. The van der Waals surface area contributed by atoms with Gasteiger partial charge in [-0.05, 0) is 25.0 Å². The van der Waals surface area contributed by atoms with Crippen molar-refractivity contribution in [3.05, 3.63) is 71.0 Å². The van der Waals surface area contributed by atoms with Crippen molar-refractivity contribution in [3.63, 3.8) is 0 Å². The topological polar surface area (TPSA) is 36.9 Å². The zero-order chi connectivity index (χ0) is 19.2. The highest BCUT2D eigenvalue weighted by atomic mass is 19.1. The van der Waals surface area contributed by atoms with Gasteiger partial charge < -0.3 is 18.9 Å². The Morgan fingerprint density at radius 3 is 2.48 bits per heavy atom. The van der Waals surface area contributed by atoms with E-state index in [1.165, 1.54) is 11.6 Å². The Hall–Kier alpha value is -1.79. The third-order valence-corrected chi connectivity index (χ3v) is 4.82. The molecule has 0 aromatic heterocycles. The van der Waals surface area contributed by atoms with Gasteiger partial charge in [0, 0.05) is 12.7 Å². The zero-order valence-electron chi connectivity index (χ0n) is 16.1. The van der Waals surface area contributed by atoms with Crippen LogP contribution in [-0.2, 0) is 32.2 Å². The number of aryl methyl sites for hydroxylation is 1. The molecule has 2 aromatic carbocycles. The lowest BCUT2D eigenvalue weighted by Gasteiger charge is -2.24. The summed E-state index contributed by atoms with van der Waals surface area (Å²) in [7, 11) is 1.60. The lowest BCUT2D eigenvalue weighted by molar-refractivity contribution is -0.166. The Balaban J connectivity index is 1.70. The predicted octanol–water partition coefficient (Wildman–Crippen LogP) is 4.39. The van der Waals surface area contributed by atoms with E-state index in [1.54, 1.807) is 25.3 Å². The lowest BCUT2D eigenvalue weighted by Crippen LogP contribution is -2.38. The first-order chi connectivity index (χ1) is 13.1. The summed E-state index contributed by atoms with van der Waals surface area (Å²) in [6, 6.07) is 14.8. The average molecular weight is 374 g/mol. The quantitative estimate of drug-likeness (QED) is 0.687. The first-order valence-electron chi connectivity index (χ1n) is 9.32. The van der Waals surface area contributed by atoms with E-state index in [2.05, 4.69) is 6.07 Å². The summed E-state index contributed by atoms with van der Waals surface area (Å²) in [4.78, 5) is 0. The minimum Gasteiger partial charge on any atom is -0.368 e. The van der Waals surface area contributed by atoms with Crippen molar-refractivity contribution in [1.82, 2.24) is 0 Å². The fourth-order valence-corrected chi connectivity index (χ4v) is 3.38. The maximum Gasteiger partial charge on any atom is 0.186 e. The molecular weight excluding hydrogens is 347 g/mol. The first-order valence-corrected chi connectivity index (χ1v) is 9.32. The number of benzene rings is 2.